The van der Waals surface area contributed by atoms with Gasteiger partial charge >= 0.3 is 6.09 Å². The number of aromatic hydroxyl groups is 1. The zero-order chi connectivity index (χ0) is 34.4. The summed E-state index contributed by atoms with van der Waals surface area (Å²) in [5.74, 6) is -0.925. The number of hydrogen-bond donors (Lipinski definition) is 4. The number of anilines is 1. The van der Waals surface area contributed by atoms with Gasteiger partial charge in [-0.05, 0) is 62.2 Å². The Labute approximate surface area is 283 Å². The van der Waals surface area contributed by atoms with Crippen molar-refractivity contribution < 1.29 is 34.1 Å². The van der Waals surface area contributed by atoms with Crippen LogP contribution in [0.15, 0.2) is 79.0 Å². The third kappa shape index (κ3) is 8.32. The number of rotatable bonds is 9. The number of halogens is 1. The minimum atomic E-state index is -1.09. The molecule has 0 spiro atoms. The van der Waals surface area contributed by atoms with Crippen LogP contribution < -0.4 is 10.6 Å². The van der Waals surface area contributed by atoms with Crippen LogP contribution >= 0.6 is 11.6 Å². The van der Waals surface area contributed by atoms with E-state index in [0.717, 1.165) is 5.56 Å². The Bertz CT molecular complexity index is 1760. The molecule has 2 atom stereocenters. The monoisotopic (exact) mass is 675 g/mol. The number of nitrogens with zero attached hydrogens (tertiary/aromatic N) is 3. The number of phenols is 1. The van der Waals surface area contributed by atoms with Crippen LogP contribution in [0, 0.1) is 0 Å². The molecule has 12 nitrogen and oxygen atoms in total. The Morgan fingerprint density at radius 1 is 1.06 bits per heavy atom. The number of alkyl carbamates (subject to hydrolysis) is 1. The largest absolute Gasteiger partial charge is 0.507 e. The van der Waals surface area contributed by atoms with E-state index in [0.29, 0.717) is 33.1 Å². The average molecular weight is 676 g/mol. The molecule has 1 fully saturated rings. The third-order valence-corrected chi connectivity index (χ3v) is 7.76. The van der Waals surface area contributed by atoms with Crippen molar-refractivity contribution in [2.75, 3.05) is 31.7 Å². The molecule has 4 aromatic rings. The normalized spacial score (nSPS) is 15.4. The van der Waals surface area contributed by atoms with E-state index >= 15 is 0 Å². The molecule has 0 saturated carbocycles. The van der Waals surface area contributed by atoms with Crippen LogP contribution in [0.2, 0.25) is 5.02 Å². The Morgan fingerprint density at radius 3 is 2.48 bits per heavy atom. The highest BCUT2D eigenvalue weighted by molar-refractivity contribution is 6.31. The molecule has 1 aromatic heterocycles. The first kappa shape index (κ1) is 34.4. The first-order valence-corrected chi connectivity index (χ1v) is 15.8. The van der Waals surface area contributed by atoms with Gasteiger partial charge in [0.25, 0.3) is 5.91 Å². The van der Waals surface area contributed by atoms with Gasteiger partial charge < -0.3 is 35.2 Å². The summed E-state index contributed by atoms with van der Waals surface area (Å²) < 4.78 is 12.6. The highest BCUT2D eigenvalue weighted by Crippen LogP contribution is 2.37. The molecule has 3 amide bonds. The minimum Gasteiger partial charge on any atom is -0.507 e. The van der Waals surface area contributed by atoms with E-state index in [1.807, 2.05) is 0 Å². The fourth-order valence-electron chi connectivity index (χ4n) is 5.31. The summed E-state index contributed by atoms with van der Waals surface area (Å²) >= 11 is 6.21. The second kappa shape index (κ2) is 14.9. The highest BCUT2D eigenvalue weighted by Gasteiger charge is 2.38. The lowest BCUT2D eigenvalue weighted by atomic mass is 10.0. The number of aliphatic hydroxyl groups excluding tert-OH is 1. The zero-order valence-electron chi connectivity index (χ0n) is 26.9. The molecule has 5 rings (SSSR count). The van der Waals surface area contributed by atoms with Gasteiger partial charge in [0.05, 0.1) is 26.4 Å². The molecule has 252 valence electrons. The second-order valence-electron chi connectivity index (χ2n) is 12.2. The summed E-state index contributed by atoms with van der Waals surface area (Å²) in [6.07, 6.45) is 1.01. The van der Waals surface area contributed by atoms with E-state index in [1.165, 1.54) is 11.0 Å². The molecule has 3 aromatic carbocycles. The summed E-state index contributed by atoms with van der Waals surface area (Å²) in [6.45, 7) is 5.66. The number of nitrogens with one attached hydrogen (secondary N) is 2. The smallest absolute Gasteiger partial charge is 0.408 e. The second-order valence-corrected chi connectivity index (χ2v) is 12.7. The van der Waals surface area contributed by atoms with Gasteiger partial charge in [0.2, 0.25) is 5.91 Å². The maximum Gasteiger partial charge on any atom is 0.408 e. The van der Waals surface area contributed by atoms with Crippen LogP contribution in [0.1, 0.15) is 32.4 Å². The topological polar surface area (TPSA) is 155 Å². The molecule has 48 heavy (non-hydrogen) atoms. The number of phenolic OH excluding ortho intramolecular Hbond substituents is 1. The number of amides is 3. The van der Waals surface area contributed by atoms with Crippen LogP contribution in [-0.2, 0) is 25.6 Å². The average Bonchev–Trinajstić information content (AvgIpc) is 3.48. The van der Waals surface area contributed by atoms with Crippen LogP contribution in [0.25, 0.3) is 22.4 Å². The SMILES string of the molecule is CC(C)(C)OC(=O)N[C@@H](C(=O)N1CCOC[C@H]1C(=O)Nc1ccc(-c2cn(CCO)nc2-c2cc(Cl)ccc2O)cc1)c1ccccc1. The Hall–Kier alpha value is -4.91. The van der Waals surface area contributed by atoms with E-state index in [2.05, 4.69) is 15.7 Å². The molecule has 0 aliphatic carbocycles. The van der Waals surface area contributed by atoms with Crippen molar-refractivity contribution in [3.05, 3.63) is 89.6 Å². The Morgan fingerprint density at radius 2 is 1.79 bits per heavy atom. The molecule has 1 saturated heterocycles. The predicted molar refractivity (Wildman–Crippen MR) is 180 cm³/mol. The van der Waals surface area contributed by atoms with E-state index in [-0.39, 0.29) is 38.7 Å². The van der Waals surface area contributed by atoms with Crippen molar-refractivity contribution in [1.82, 2.24) is 20.0 Å². The molecule has 4 N–H and O–H groups in total. The van der Waals surface area contributed by atoms with E-state index in [1.54, 1.807) is 98.4 Å². The van der Waals surface area contributed by atoms with Gasteiger partial charge in [-0.2, -0.15) is 5.10 Å². The number of carbonyl (C=O) groups is 3. The minimum absolute atomic E-state index is 0.00313. The lowest BCUT2D eigenvalue weighted by Gasteiger charge is -2.37. The predicted octanol–water partition coefficient (Wildman–Crippen LogP) is 5.00. The van der Waals surface area contributed by atoms with Crippen molar-refractivity contribution in [2.24, 2.45) is 0 Å². The number of ether oxygens (including phenoxy) is 2. The number of morpholine rings is 1. The molecule has 2 heterocycles. The van der Waals surface area contributed by atoms with Crippen LogP contribution in [-0.4, -0.2) is 80.8 Å². The number of carbonyl (C=O) groups excluding carboxylic acids is 3. The lowest BCUT2D eigenvalue weighted by Crippen LogP contribution is -2.57. The highest BCUT2D eigenvalue weighted by atomic mass is 35.5. The summed E-state index contributed by atoms with van der Waals surface area (Å²) in [7, 11) is 0. The number of aromatic nitrogens is 2. The third-order valence-electron chi connectivity index (χ3n) is 7.52. The zero-order valence-corrected chi connectivity index (χ0v) is 27.6. The van der Waals surface area contributed by atoms with E-state index in [9.17, 15) is 24.6 Å². The maximum atomic E-state index is 14.0. The standard InChI is InChI=1S/C35H38ClN5O7/c1-35(2,3)48-34(46)38-30(23-7-5-4-6-8-23)33(45)41-16-18-47-21-28(41)32(44)37-25-12-9-22(10-13-25)27-20-40(15-17-42)39-31(27)26-19-24(36)11-14-29(26)43/h4-14,19-20,28,30,42-43H,15-18,21H2,1-3H3,(H,37,44)(H,38,46)/t28-,30+/m0/s1. The molecule has 1 aliphatic heterocycles. The van der Waals surface area contributed by atoms with Crippen molar-refractivity contribution in [1.29, 1.82) is 0 Å². The van der Waals surface area contributed by atoms with Gasteiger partial charge in [-0.1, -0.05) is 54.1 Å². The fraction of sp³-hybridized carbons (Fsp3) is 0.314. The molecule has 0 unspecified atom stereocenters. The van der Waals surface area contributed by atoms with Crippen molar-refractivity contribution in [3.63, 3.8) is 0 Å². The van der Waals surface area contributed by atoms with Gasteiger partial charge in [0.1, 0.15) is 29.1 Å². The van der Waals surface area contributed by atoms with E-state index < -0.39 is 35.6 Å². The van der Waals surface area contributed by atoms with Gasteiger partial charge in [0.15, 0.2) is 0 Å². The van der Waals surface area contributed by atoms with Crippen LogP contribution in [0.5, 0.6) is 5.75 Å². The summed E-state index contributed by atoms with van der Waals surface area (Å²) in [5.41, 5.74) is 2.57. The first-order valence-electron chi connectivity index (χ1n) is 15.4. The Balaban J connectivity index is 1.36. The van der Waals surface area contributed by atoms with Crippen molar-refractivity contribution >= 4 is 35.2 Å². The van der Waals surface area contributed by atoms with Gasteiger partial charge in [-0.25, -0.2) is 4.79 Å². The number of benzene rings is 3. The molecular weight excluding hydrogens is 638 g/mol. The van der Waals surface area contributed by atoms with Crippen LogP contribution in [0.3, 0.4) is 0 Å². The van der Waals surface area contributed by atoms with E-state index in [4.69, 9.17) is 21.1 Å². The lowest BCUT2D eigenvalue weighted by molar-refractivity contribution is -0.148. The quantitative estimate of drug-likeness (QED) is 0.193. The first-order chi connectivity index (χ1) is 22.9. The van der Waals surface area contributed by atoms with Crippen molar-refractivity contribution in [3.8, 4) is 28.1 Å². The Kier molecular flexibility index (Phi) is 10.7. The number of aliphatic hydroxyl groups is 1. The summed E-state index contributed by atoms with van der Waals surface area (Å²) in [5, 5.41) is 30.6. The van der Waals surface area contributed by atoms with Gasteiger partial charge in [-0.3, -0.25) is 14.3 Å². The summed E-state index contributed by atoms with van der Waals surface area (Å²) in [6, 6.07) is 18.4. The molecule has 0 radical (unpaired) electrons. The maximum absolute atomic E-state index is 14.0. The molecular formula is C35H38ClN5O7. The number of hydrogen-bond acceptors (Lipinski definition) is 8. The van der Waals surface area contributed by atoms with Crippen molar-refractivity contribution in [2.45, 2.75) is 45.0 Å². The molecule has 0 bridgehead atoms. The summed E-state index contributed by atoms with van der Waals surface area (Å²) in [4.78, 5) is 41.8. The molecule has 13 heteroatoms. The fourth-order valence-corrected chi connectivity index (χ4v) is 5.49. The van der Waals surface area contributed by atoms with Gasteiger partial charge in [0, 0.05) is 34.6 Å². The van der Waals surface area contributed by atoms with Gasteiger partial charge in [-0.15, -0.1) is 0 Å². The molecule has 1 aliphatic rings. The van der Waals surface area contributed by atoms with Crippen LogP contribution in [0.4, 0.5) is 10.5 Å².